The van der Waals surface area contributed by atoms with Crippen LogP contribution in [0.5, 0.6) is 0 Å². The lowest BCUT2D eigenvalue weighted by atomic mass is 10.1. The normalized spacial score (nSPS) is 14.2. The van der Waals surface area contributed by atoms with Gasteiger partial charge in [0.1, 0.15) is 0 Å². The average molecular weight is 347 g/mol. The maximum Gasteiger partial charge on any atom is 0.153 e. The molecule has 0 amide bonds. The Labute approximate surface area is 147 Å². The number of halogens is 1. The Hall–Kier alpha value is 0.507. The summed E-state index contributed by atoms with van der Waals surface area (Å²) in [5.41, 5.74) is 0. The zero-order valence-corrected chi connectivity index (χ0v) is 17.7. The summed E-state index contributed by atoms with van der Waals surface area (Å²) in [6.45, 7) is 6.97. The topological polar surface area (TPSA) is 0 Å². The largest absolute Gasteiger partial charge is 0.167 e. The summed E-state index contributed by atoms with van der Waals surface area (Å²) in [6, 6.07) is 2.69. The van der Waals surface area contributed by atoms with E-state index in [0.717, 1.165) is 0 Å². The fraction of sp³-hybridized carbons (Fsp3) is 1.00. The molecule has 1 atom stereocenters. The predicted octanol–water partition coefficient (Wildman–Crippen LogP) is 8.69. The third kappa shape index (κ3) is 16.9. The number of unbranched alkanes of at least 4 members (excludes halogenated alkanes) is 13. The molecule has 0 aromatic rings. The van der Waals surface area contributed by atoms with Crippen LogP contribution < -0.4 is 0 Å². The molecule has 0 aliphatic rings. The molecule has 0 N–H and O–H groups in total. The van der Waals surface area contributed by atoms with Gasteiger partial charge in [-0.25, -0.2) is 0 Å². The molecular weight excluding hydrogens is 304 g/mol. The highest BCUT2D eigenvalue weighted by Crippen LogP contribution is 2.27. The summed E-state index contributed by atoms with van der Waals surface area (Å²) >= 11 is 6.82. The molecule has 0 bridgehead atoms. The van der Waals surface area contributed by atoms with Crippen LogP contribution in [0.15, 0.2) is 0 Å². The highest BCUT2D eigenvalue weighted by atomic mass is 35.6. The first-order chi connectivity index (χ1) is 10.6. The number of hydrogen-bond donors (Lipinski definition) is 0. The van der Waals surface area contributed by atoms with Gasteiger partial charge in [0.25, 0.3) is 0 Å². The van der Waals surface area contributed by atoms with Crippen molar-refractivity contribution in [1.29, 1.82) is 0 Å². The van der Waals surface area contributed by atoms with Gasteiger partial charge in [-0.05, 0) is 12.1 Å². The molecule has 0 nitrogen and oxygen atoms in total. The van der Waals surface area contributed by atoms with E-state index in [0.29, 0.717) is 0 Å². The van der Waals surface area contributed by atoms with Crippen LogP contribution in [-0.2, 0) is 0 Å². The summed E-state index contributed by atoms with van der Waals surface area (Å²) in [4.78, 5) is 0. The minimum absolute atomic E-state index is 1.35. The van der Waals surface area contributed by atoms with E-state index in [-0.39, 0.29) is 0 Å². The maximum absolute atomic E-state index is 6.82. The second kappa shape index (κ2) is 16.4. The van der Waals surface area contributed by atoms with Crippen LogP contribution in [-0.4, -0.2) is 7.38 Å². The van der Waals surface area contributed by atoms with Crippen molar-refractivity contribution in [3.05, 3.63) is 0 Å². The minimum atomic E-state index is -1.39. The van der Waals surface area contributed by atoms with E-state index in [2.05, 4.69) is 20.4 Å². The molecule has 134 valence electrons. The second-order valence-corrected chi connectivity index (χ2v) is 14.1. The highest BCUT2D eigenvalue weighted by molar-refractivity contribution is 7.19. The molecule has 0 rings (SSSR count). The smallest absolute Gasteiger partial charge is 0.153 e. The van der Waals surface area contributed by atoms with Gasteiger partial charge in [0.05, 0.1) is 0 Å². The van der Waals surface area contributed by atoms with Crippen molar-refractivity contribution in [1.82, 2.24) is 0 Å². The lowest BCUT2D eigenvalue weighted by Gasteiger charge is -2.19. The number of hydrogen-bond acceptors (Lipinski definition) is 0. The van der Waals surface area contributed by atoms with Crippen LogP contribution in [0.4, 0.5) is 0 Å². The van der Waals surface area contributed by atoms with E-state index in [1.807, 2.05) is 0 Å². The Kier molecular flexibility index (Phi) is 16.7. The van der Waals surface area contributed by atoms with Gasteiger partial charge in [-0.2, -0.15) is 11.1 Å². The van der Waals surface area contributed by atoms with Crippen molar-refractivity contribution >= 4 is 18.5 Å². The Morgan fingerprint density at radius 3 is 1.09 bits per heavy atom. The Balaban J connectivity index is 3.34. The summed E-state index contributed by atoms with van der Waals surface area (Å²) in [7, 11) is -1.39. The van der Waals surface area contributed by atoms with Crippen LogP contribution in [0.25, 0.3) is 0 Å². The number of rotatable bonds is 17. The molecule has 0 spiro atoms. The molecule has 0 saturated heterocycles. The third-order valence-corrected chi connectivity index (χ3v) is 8.78. The molecule has 0 fully saturated rings. The summed E-state index contributed by atoms with van der Waals surface area (Å²) in [5, 5.41) is 0. The van der Waals surface area contributed by atoms with Crippen molar-refractivity contribution in [3.8, 4) is 0 Å². The van der Waals surface area contributed by atoms with Crippen molar-refractivity contribution in [2.75, 3.05) is 0 Å². The first-order valence-electron chi connectivity index (χ1n) is 10.3. The molecular formula is C20H43ClSi. The van der Waals surface area contributed by atoms with Crippen molar-refractivity contribution in [2.24, 2.45) is 0 Å². The third-order valence-electron chi connectivity index (χ3n) is 4.85. The van der Waals surface area contributed by atoms with Gasteiger partial charge < -0.3 is 0 Å². The molecule has 0 heterocycles. The van der Waals surface area contributed by atoms with E-state index in [1.165, 1.54) is 108 Å². The van der Waals surface area contributed by atoms with Gasteiger partial charge in [-0.3, -0.25) is 0 Å². The molecule has 2 heteroatoms. The fourth-order valence-corrected chi connectivity index (χ4v) is 6.23. The molecule has 0 radical (unpaired) electrons. The van der Waals surface area contributed by atoms with Crippen LogP contribution >= 0.6 is 11.1 Å². The first kappa shape index (κ1) is 22.5. The average Bonchev–Trinajstić information content (AvgIpc) is 2.49. The molecule has 0 aromatic heterocycles. The van der Waals surface area contributed by atoms with E-state index in [1.54, 1.807) is 0 Å². The first-order valence-corrected chi connectivity index (χ1v) is 14.2. The van der Waals surface area contributed by atoms with Crippen molar-refractivity contribution in [2.45, 2.75) is 129 Å². The van der Waals surface area contributed by atoms with Crippen molar-refractivity contribution < 1.29 is 0 Å². The quantitative estimate of drug-likeness (QED) is 0.140. The predicted molar refractivity (Wildman–Crippen MR) is 108 cm³/mol. The monoisotopic (exact) mass is 346 g/mol. The Bertz CT molecular complexity index is 216. The zero-order valence-electron chi connectivity index (χ0n) is 15.9. The van der Waals surface area contributed by atoms with Crippen LogP contribution in [0.2, 0.25) is 18.6 Å². The lowest BCUT2D eigenvalue weighted by Crippen LogP contribution is -2.21. The minimum Gasteiger partial charge on any atom is -0.167 e. The van der Waals surface area contributed by atoms with Crippen molar-refractivity contribution in [3.63, 3.8) is 0 Å². The SMILES string of the molecule is CCCCCCCCCC[Si](C)(Cl)CCCCCCCCC. The van der Waals surface area contributed by atoms with Gasteiger partial charge >= 0.3 is 0 Å². The lowest BCUT2D eigenvalue weighted by molar-refractivity contribution is 0.583. The summed E-state index contributed by atoms with van der Waals surface area (Å²) in [5.74, 6) is 0. The summed E-state index contributed by atoms with van der Waals surface area (Å²) in [6.07, 6.45) is 21.2. The highest BCUT2D eigenvalue weighted by Gasteiger charge is 2.22. The molecule has 22 heavy (non-hydrogen) atoms. The molecule has 0 aliphatic heterocycles. The summed E-state index contributed by atoms with van der Waals surface area (Å²) < 4.78 is 0. The van der Waals surface area contributed by atoms with Gasteiger partial charge in [0.2, 0.25) is 0 Å². The van der Waals surface area contributed by atoms with Crippen LogP contribution in [0.3, 0.4) is 0 Å². The second-order valence-electron chi connectivity index (χ2n) is 7.51. The van der Waals surface area contributed by atoms with Crippen LogP contribution in [0.1, 0.15) is 110 Å². The van der Waals surface area contributed by atoms with Gasteiger partial charge in [-0.1, -0.05) is 117 Å². The van der Waals surface area contributed by atoms with E-state index < -0.39 is 7.38 Å². The molecule has 0 saturated carbocycles. The van der Waals surface area contributed by atoms with Gasteiger partial charge in [0.15, 0.2) is 7.38 Å². The molecule has 0 aliphatic carbocycles. The zero-order chi connectivity index (χ0) is 16.5. The molecule has 0 aromatic carbocycles. The van der Waals surface area contributed by atoms with E-state index >= 15 is 0 Å². The maximum atomic E-state index is 6.82. The van der Waals surface area contributed by atoms with E-state index in [9.17, 15) is 0 Å². The fourth-order valence-electron chi connectivity index (χ4n) is 3.20. The Morgan fingerprint density at radius 1 is 0.500 bits per heavy atom. The van der Waals surface area contributed by atoms with Gasteiger partial charge in [0, 0.05) is 0 Å². The molecule has 1 unspecified atom stereocenters. The standard InChI is InChI=1S/C20H43ClSi/c1-4-6-8-10-12-14-16-18-20-22(3,21)19-17-15-13-11-9-7-5-2/h4-20H2,1-3H3. The van der Waals surface area contributed by atoms with E-state index in [4.69, 9.17) is 11.1 Å². The van der Waals surface area contributed by atoms with Crippen LogP contribution in [0, 0.1) is 0 Å². The Morgan fingerprint density at radius 2 is 0.773 bits per heavy atom. The van der Waals surface area contributed by atoms with Gasteiger partial charge in [-0.15, -0.1) is 0 Å².